The van der Waals surface area contributed by atoms with Crippen molar-refractivity contribution in [1.82, 2.24) is 29.6 Å². The van der Waals surface area contributed by atoms with Gasteiger partial charge in [0.2, 0.25) is 0 Å². The van der Waals surface area contributed by atoms with Crippen molar-refractivity contribution in [1.29, 1.82) is 0 Å². The zero-order valence-corrected chi connectivity index (χ0v) is 20.2. The average Bonchev–Trinajstić information content (AvgIpc) is 3.13. The number of hydrogen-bond acceptors (Lipinski definition) is 6. The molecule has 7 nitrogen and oxygen atoms in total. The highest BCUT2D eigenvalue weighted by molar-refractivity contribution is 5.78. The molecular formula is C28H31N7. The number of aryl methyl sites for hydroxylation is 1. The highest BCUT2D eigenvalue weighted by Gasteiger charge is 2.29. The molecule has 3 aromatic heterocycles. The molecule has 0 aliphatic carbocycles. The summed E-state index contributed by atoms with van der Waals surface area (Å²) in [6.45, 7) is 7.67. The molecule has 7 rings (SSSR count). The fourth-order valence-electron chi connectivity index (χ4n) is 5.34. The van der Waals surface area contributed by atoms with E-state index in [0.29, 0.717) is 12.5 Å². The topological polar surface area (TPSA) is 63.0 Å². The number of hydrogen-bond donors (Lipinski definition) is 0. The van der Waals surface area contributed by atoms with Crippen molar-refractivity contribution in [3.05, 3.63) is 78.6 Å². The molecule has 0 radical (unpaired) electrons. The number of anilines is 1. The van der Waals surface area contributed by atoms with Crippen LogP contribution in [0.3, 0.4) is 0 Å². The van der Waals surface area contributed by atoms with Gasteiger partial charge in [-0.2, -0.15) is 5.10 Å². The van der Waals surface area contributed by atoms with Crippen molar-refractivity contribution in [3.63, 3.8) is 0 Å². The largest absolute Gasteiger partial charge is 0.367 e. The molecule has 3 aliphatic rings. The van der Waals surface area contributed by atoms with Gasteiger partial charge in [-0.15, -0.1) is 0 Å². The lowest BCUT2D eigenvalue weighted by Crippen LogP contribution is -2.37. The van der Waals surface area contributed by atoms with E-state index < -0.39 is 0 Å². The molecule has 7 heteroatoms. The summed E-state index contributed by atoms with van der Waals surface area (Å²) in [7, 11) is 0. The van der Waals surface area contributed by atoms with Crippen molar-refractivity contribution < 1.29 is 0 Å². The standard InChI is InChI=1S/C28H31N7/c1-2-34-20-25(28(32-34)22-4-3-12-29-19-22)26-9-13-30-27(31-26)18-21-5-7-23(8-6-21)35-17-16-33-14-10-24(35)11-15-33/h3-9,12-13,19-20,24H,2,10-11,14-18H2,1H3. The first-order valence-electron chi connectivity index (χ1n) is 12.6. The van der Waals surface area contributed by atoms with Gasteiger partial charge in [-0.25, -0.2) is 9.97 Å². The van der Waals surface area contributed by atoms with Crippen LogP contribution in [-0.4, -0.2) is 61.9 Å². The number of rotatable bonds is 6. The number of pyridine rings is 1. The van der Waals surface area contributed by atoms with Crippen LogP contribution in [0, 0.1) is 0 Å². The second-order valence-electron chi connectivity index (χ2n) is 9.46. The van der Waals surface area contributed by atoms with Gasteiger partial charge in [0.15, 0.2) is 0 Å². The summed E-state index contributed by atoms with van der Waals surface area (Å²) in [5.41, 5.74) is 6.35. The van der Waals surface area contributed by atoms with Gasteiger partial charge in [0.05, 0.1) is 5.69 Å². The number of nitrogens with zero attached hydrogens (tertiary/aromatic N) is 7. The van der Waals surface area contributed by atoms with Crippen LogP contribution in [0.2, 0.25) is 0 Å². The molecule has 0 unspecified atom stereocenters. The Labute approximate surface area is 206 Å². The Kier molecular flexibility index (Phi) is 6.00. The van der Waals surface area contributed by atoms with Gasteiger partial charge < -0.3 is 9.80 Å². The maximum absolute atomic E-state index is 4.93. The predicted octanol–water partition coefficient (Wildman–Crippen LogP) is 4.30. The minimum Gasteiger partial charge on any atom is -0.367 e. The van der Waals surface area contributed by atoms with Crippen molar-refractivity contribution in [2.75, 3.05) is 31.1 Å². The summed E-state index contributed by atoms with van der Waals surface area (Å²) in [5, 5.41) is 4.77. The average molecular weight is 466 g/mol. The van der Waals surface area contributed by atoms with Crippen LogP contribution >= 0.6 is 0 Å². The van der Waals surface area contributed by atoms with Gasteiger partial charge in [0.1, 0.15) is 11.5 Å². The fourth-order valence-corrected chi connectivity index (χ4v) is 5.34. The lowest BCUT2D eigenvalue weighted by molar-refractivity contribution is 0.250. The van der Waals surface area contributed by atoms with E-state index in [1.165, 1.54) is 43.7 Å². The zero-order chi connectivity index (χ0) is 23.6. The molecule has 3 aliphatic heterocycles. The Morgan fingerprint density at radius 1 is 0.943 bits per heavy atom. The molecular weight excluding hydrogens is 434 g/mol. The summed E-state index contributed by atoms with van der Waals surface area (Å²) in [5.74, 6) is 0.817. The van der Waals surface area contributed by atoms with Crippen molar-refractivity contribution in [3.8, 4) is 22.5 Å². The predicted molar refractivity (Wildman–Crippen MR) is 138 cm³/mol. The first-order valence-corrected chi connectivity index (χ1v) is 12.6. The lowest BCUT2D eigenvalue weighted by atomic mass is 10.0. The molecule has 178 valence electrons. The third kappa shape index (κ3) is 4.56. The van der Waals surface area contributed by atoms with Gasteiger partial charge in [-0.1, -0.05) is 12.1 Å². The quantitative estimate of drug-likeness (QED) is 0.423. The molecule has 0 atom stereocenters. The fraction of sp³-hybridized carbons (Fsp3) is 0.357. The minimum atomic E-state index is 0.678. The Morgan fingerprint density at radius 3 is 2.57 bits per heavy atom. The number of piperidine rings is 1. The molecule has 3 saturated heterocycles. The molecule has 0 spiro atoms. The van der Waals surface area contributed by atoms with E-state index in [1.54, 1.807) is 6.20 Å². The Hall–Kier alpha value is -3.58. The second kappa shape index (κ2) is 9.58. The molecule has 0 saturated carbocycles. The summed E-state index contributed by atoms with van der Waals surface area (Å²) >= 11 is 0. The third-order valence-electron chi connectivity index (χ3n) is 7.29. The highest BCUT2D eigenvalue weighted by atomic mass is 15.3. The Balaban J connectivity index is 1.23. The van der Waals surface area contributed by atoms with Gasteiger partial charge in [0, 0.05) is 86.8 Å². The first kappa shape index (κ1) is 21.9. The molecule has 0 amide bonds. The minimum absolute atomic E-state index is 0.678. The van der Waals surface area contributed by atoms with E-state index >= 15 is 0 Å². The zero-order valence-electron chi connectivity index (χ0n) is 20.2. The van der Waals surface area contributed by atoms with Gasteiger partial charge in [-0.05, 0) is 55.7 Å². The third-order valence-corrected chi connectivity index (χ3v) is 7.29. The number of fused-ring (bicyclic) bond motifs is 4. The molecule has 0 N–H and O–H groups in total. The van der Waals surface area contributed by atoms with E-state index in [4.69, 9.17) is 10.1 Å². The van der Waals surface area contributed by atoms with Crippen LogP contribution in [-0.2, 0) is 13.0 Å². The van der Waals surface area contributed by atoms with Crippen LogP contribution in [0.25, 0.3) is 22.5 Å². The number of benzene rings is 1. The van der Waals surface area contributed by atoms with Crippen LogP contribution in [0.4, 0.5) is 5.69 Å². The maximum Gasteiger partial charge on any atom is 0.133 e. The van der Waals surface area contributed by atoms with Crippen molar-refractivity contribution in [2.24, 2.45) is 0 Å². The van der Waals surface area contributed by atoms with E-state index in [1.807, 2.05) is 35.3 Å². The normalized spacial score (nSPS) is 19.6. The molecule has 1 aromatic carbocycles. The molecule has 6 heterocycles. The van der Waals surface area contributed by atoms with Crippen LogP contribution in [0.5, 0.6) is 0 Å². The lowest BCUT2D eigenvalue weighted by Gasteiger charge is -2.33. The van der Waals surface area contributed by atoms with Gasteiger partial charge in [0.25, 0.3) is 0 Å². The van der Waals surface area contributed by atoms with Gasteiger partial charge in [-0.3, -0.25) is 9.67 Å². The maximum atomic E-state index is 4.93. The SMILES string of the molecule is CCn1cc(-c2ccnc(Cc3ccc(N4CCN5CCC4CC5)cc3)n2)c(-c2cccnc2)n1. The van der Waals surface area contributed by atoms with E-state index in [0.717, 1.165) is 41.4 Å². The summed E-state index contributed by atoms with van der Waals surface area (Å²) in [6, 6.07) is 15.6. The summed E-state index contributed by atoms with van der Waals surface area (Å²) in [4.78, 5) is 19.0. The monoisotopic (exact) mass is 465 g/mol. The smallest absolute Gasteiger partial charge is 0.133 e. The molecule has 3 fully saturated rings. The van der Waals surface area contributed by atoms with E-state index in [9.17, 15) is 0 Å². The van der Waals surface area contributed by atoms with Crippen LogP contribution in [0.15, 0.2) is 67.3 Å². The molecule has 2 bridgehead atoms. The number of aromatic nitrogens is 5. The van der Waals surface area contributed by atoms with Gasteiger partial charge >= 0.3 is 0 Å². The van der Waals surface area contributed by atoms with E-state index in [2.05, 4.69) is 57.2 Å². The van der Waals surface area contributed by atoms with Crippen LogP contribution in [0.1, 0.15) is 31.2 Å². The van der Waals surface area contributed by atoms with E-state index in [-0.39, 0.29) is 0 Å². The summed E-state index contributed by atoms with van der Waals surface area (Å²) in [6.07, 6.45) is 10.8. The van der Waals surface area contributed by atoms with Crippen LogP contribution < -0.4 is 4.90 Å². The molecule has 35 heavy (non-hydrogen) atoms. The summed E-state index contributed by atoms with van der Waals surface area (Å²) < 4.78 is 1.95. The van der Waals surface area contributed by atoms with Crippen molar-refractivity contribution in [2.45, 2.75) is 38.8 Å². The Bertz CT molecular complexity index is 1270. The highest BCUT2D eigenvalue weighted by Crippen LogP contribution is 2.30. The second-order valence-corrected chi connectivity index (χ2v) is 9.46. The first-order chi connectivity index (χ1) is 17.3. The molecule has 4 aromatic rings. The van der Waals surface area contributed by atoms with Crippen molar-refractivity contribution >= 4 is 5.69 Å². The Morgan fingerprint density at radius 2 is 1.80 bits per heavy atom.